The van der Waals surface area contributed by atoms with Crippen LogP contribution < -0.4 is 9.47 Å². The molecule has 0 unspecified atom stereocenters. The smallest absolute Gasteiger partial charge is 0.204 e. The van der Waals surface area contributed by atoms with Crippen molar-refractivity contribution >= 4 is 0 Å². The predicted molar refractivity (Wildman–Crippen MR) is 69.9 cm³/mol. The molecule has 0 bridgehead atoms. The van der Waals surface area contributed by atoms with Crippen LogP contribution in [0.5, 0.6) is 11.5 Å². The van der Waals surface area contributed by atoms with Gasteiger partial charge in [-0.15, -0.1) is 0 Å². The Morgan fingerprint density at radius 3 is 2.10 bits per heavy atom. The Bertz CT molecular complexity index is 443. The van der Waals surface area contributed by atoms with E-state index in [-0.39, 0.29) is 30.6 Å². The highest BCUT2D eigenvalue weighted by Gasteiger charge is 2.22. The van der Waals surface area contributed by atoms with Crippen molar-refractivity contribution in [3.8, 4) is 11.5 Å². The van der Waals surface area contributed by atoms with E-state index in [9.17, 15) is 13.2 Å². The van der Waals surface area contributed by atoms with Gasteiger partial charge in [-0.2, -0.15) is 8.78 Å². The zero-order valence-corrected chi connectivity index (χ0v) is 11.5. The van der Waals surface area contributed by atoms with Gasteiger partial charge in [0.15, 0.2) is 11.5 Å². The summed E-state index contributed by atoms with van der Waals surface area (Å²) in [5.41, 5.74) is 0. The van der Waals surface area contributed by atoms with Gasteiger partial charge in [-0.3, -0.25) is 0 Å². The fourth-order valence-corrected chi connectivity index (χ4v) is 2.39. The zero-order chi connectivity index (χ0) is 14.5. The number of hydrogen-bond donors (Lipinski definition) is 0. The van der Waals surface area contributed by atoms with E-state index in [1.807, 2.05) is 0 Å². The minimum Gasteiger partial charge on any atom is -0.491 e. The van der Waals surface area contributed by atoms with Crippen molar-refractivity contribution in [2.75, 3.05) is 13.2 Å². The quantitative estimate of drug-likeness (QED) is 0.805. The van der Waals surface area contributed by atoms with Crippen molar-refractivity contribution in [3.63, 3.8) is 0 Å². The number of ether oxygens (including phenoxy) is 2. The summed E-state index contributed by atoms with van der Waals surface area (Å²) in [4.78, 5) is 0. The second-order valence-electron chi connectivity index (χ2n) is 5.05. The van der Waals surface area contributed by atoms with Crippen LogP contribution in [-0.4, -0.2) is 19.4 Å². The third-order valence-corrected chi connectivity index (χ3v) is 3.56. The Hall–Kier alpha value is -1.39. The lowest BCUT2D eigenvalue weighted by molar-refractivity contribution is 0.153. The van der Waals surface area contributed by atoms with Gasteiger partial charge >= 0.3 is 0 Å². The molecule has 0 heterocycles. The molecule has 0 aromatic heterocycles. The van der Waals surface area contributed by atoms with Gasteiger partial charge in [-0.25, -0.2) is 4.39 Å². The van der Waals surface area contributed by atoms with Crippen LogP contribution in [0.3, 0.4) is 0 Å². The first-order chi connectivity index (χ1) is 9.61. The average Bonchev–Trinajstić information content (AvgIpc) is 2.45. The van der Waals surface area contributed by atoms with Crippen LogP contribution in [0.4, 0.5) is 13.2 Å². The minimum atomic E-state index is -1.03. The fourth-order valence-electron chi connectivity index (χ4n) is 2.39. The van der Waals surface area contributed by atoms with E-state index < -0.39 is 17.8 Å². The second kappa shape index (κ2) is 6.86. The van der Waals surface area contributed by atoms with E-state index in [1.165, 1.54) is 12.1 Å². The van der Waals surface area contributed by atoms with Crippen molar-refractivity contribution in [1.82, 2.24) is 0 Å². The number of benzene rings is 1. The number of halogens is 3. The van der Waals surface area contributed by atoms with E-state index in [0.29, 0.717) is 12.8 Å². The lowest BCUT2D eigenvalue weighted by Gasteiger charge is -2.24. The Morgan fingerprint density at radius 2 is 1.55 bits per heavy atom. The van der Waals surface area contributed by atoms with Crippen LogP contribution in [0.25, 0.3) is 0 Å². The van der Waals surface area contributed by atoms with Gasteiger partial charge in [0.05, 0.1) is 13.2 Å². The zero-order valence-electron chi connectivity index (χ0n) is 11.5. The normalized spacial score (nSPS) is 22.6. The molecule has 20 heavy (non-hydrogen) atoms. The second-order valence-corrected chi connectivity index (χ2v) is 5.05. The van der Waals surface area contributed by atoms with Crippen LogP contribution in [-0.2, 0) is 0 Å². The molecule has 0 atom stereocenters. The number of hydrogen-bond acceptors (Lipinski definition) is 2. The summed E-state index contributed by atoms with van der Waals surface area (Å²) in [6.45, 7) is 2.25. The van der Waals surface area contributed by atoms with Gasteiger partial charge in [0.1, 0.15) is 6.17 Å². The topological polar surface area (TPSA) is 18.5 Å². The summed E-state index contributed by atoms with van der Waals surface area (Å²) in [6.07, 6.45) is 1.76. The summed E-state index contributed by atoms with van der Waals surface area (Å²) >= 11 is 0. The minimum absolute atomic E-state index is 0.115. The van der Waals surface area contributed by atoms with Gasteiger partial charge < -0.3 is 9.47 Å². The molecule has 1 saturated carbocycles. The van der Waals surface area contributed by atoms with Crippen LogP contribution in [0.2, 0.25) is 0 Å². The molecule has 2 nitrogen and oxygen atoms in total. The summed E-state index contributed by atoms with van der Waals surface area (Å²) in [5.74, 6) is -2.09. The lowest BCUT2D eigenvalue weighted by Crippen LogP contribution is -2.20. The molecule has 5 heteroatoms. The summed E-state index contributed by atoms with van der Waals surface area (Å²) in [5, 5.41) is 0. The largest absolute Gasteiger partial charge is 0.491 e. The van der Waals surface area contributed by atoms with Gasteiger partial charge in [0.25, 0.3) is 0 Å². The maximum Gasteiger partial charge on any atom is 0.204 e. The van der Waals surface area contributed by atoms with E-state index in [4.69, 9.17) is 9.47 Å². The van der Waals surface area contributed by atoms with Gasteiger partial charge in [0, 0.05) is 0 Å². The maximum absolute atomic E-state index is 13.8. The molecule has 1 aromatic carbocycles. The first-order valence-corrected chi connectivity index (χ1v) is 6.99. The molecule has 1 aliphatic rings. The van der Waals surface area contributed by atoms with Crippen molar-refractivity contribution in [2.45, 2.75) is 38.8 Å². The van der Waals surface area contributed by atoms with Crippen molar-refractivity contribution in [3.05, 3.63) is 23.8 Å². The third kappa shape index (κ3) is 3.58. The molecule has 1 aliphatic carbocycles. The van der Waals surface area contributed by atoms with E-state index in [1.54, 1.807) is 6.92 Å². The first kappa shape index (κ1) is 15.0. The van der Waals surface area contributed by atoms with Crippen LogP contribution >= 0.6 is 0 Å². The Morgan fingerprint density at radius 1 is 1.00 bits per heavy atom. The molecule has 0 radical (unpaired) electrons. The molecule has 0 aliphatic heterocycles. The highest BCUT2D eigenvalue weighted by Crippen LogP contribution is 2.30. The highest BCUT2D eigenvalue weighted by molar-refractivity contribution is 5.35. The molecule has 0 saturated heterocycles. The molecule has 1 fully saturated rings. The standard InChI is InChI=1S/C15H19F3O2/c1-2-19-12-7-8-13(15(18)14(12)17)20-9-10-3-5-11(16)6-4-10/h7-8,10-11H,2-6,9H2,1H3. The molecular weight excluding hydrogens is 269 g/mol. The SMILES string of the molecule is CCOc1ccc(OCC2CCC(F)CC2)c(F)c1F. The highest BCUT2D eigenvalue weighted by atomic mass is 19.2. The van der Waals surface area contributed by atoms with E-state index in [0.717, 1.165) is 12.8 Å². The summed E-state index contributed by atoms with van der Waals surface area (Å²) in [7, 11) is 0. The van der Waals surface area contributed by atoms with Gasteiger partial charge in [-0.1, -0.05) is 0 Å². The molecule has 2 rings (SSSR count). The van der Waals surface area contributed by atoms with Gasteiger partial charge in [-0.05, 0) is 50.7 Å². The summed E-state index contributed by atoms with van der Waals surface area (Å²) in [6, 6.07) is 2.72. The Balaban J connectivity index is 1.94. The number of rotatable bonds is 5. The van der Waals surface area contributed by atoms with Crippen molar-refractivity contribution in [1.29, 1.82) is 0 Å². The van der Waals surface area contributed by atoms with E-state index >= 15 is 0 Å². The molecular formula is C15H19F3O2. The summed E-state index contributed by atoms with van der Waals surface area (Å²) < 4.78 is 50.7. The fraction of sp³-hybridized carbons (Fsp3) is 0.600. The van der Waals surface area contributed by atoms with Crippen LogP contribution in [0.15, 0.2) is 12.1 Å². The van der Waals surface area contributed by atoms with Crippen molar-refractivity contribution < 1.29 is 22.6 Å². The lowest BCUT2D eigenvalue weighted by atomic mass is 9.89. The number of alkyl halides is 1. The molecule has 0 spiro atoms. The van der Waals surface area contributed by atoms with Crippen LogP contribution in [0, 0.1) is 17.6 Å². The molecule has 1 aromatic rings. The van der Waals surface area contributed by atoms with Crippen LogP contribution in [0.1, 0.15) is 32.6 Å². The molecule has 112 valence electrons. The molecule has 0 N–H and O–H groups in total. The predicted octanol–water partition coefficient (Wildman–Crippen LogP) is 4.27. The van der Waals surface area contributed by atoms with Gasteiger partial charge in [0.2, 0.25) is 11.6 Å². The first-order valence-electron chi connectivity index (χ1n) is 6.99. The van der Waals surface area contributed by atoms with Crippen molar-refractivity contribution in [2.24, 2.45) is 5.92 Å². The Kier molecular flexibility index (Phi) is 5.15. The van der Waals surface area contributed by atoms with E-state index in [2.05, 4.69) is 0 Å². The molecule has 0 amide bonds. The Labute approximate surface area is 116 Å². The third-order valence-electron chi connectivity index (χ3n) is 3.56. The maximum atomic E-state index is 13.8. The monoisotopic (exact) mass is 288 g/mol. The average molecular weight is 288 g/mol.